The smallest absolute Gasteiger partial charge is 0.271 e. The molecule has 1 N–H and O–H groups in total. The maximum absolute atomic E-state index is 14.2. The summed E-state index contributed by atoms with van der Waals surface area (Å²) in [6, 6.07) is 4.83. The molecule has 0 aromatic heterocycles. The fourth-order valence-electron chi connectivity index (χ4n) is 3.82. The van der Waals surface area contributed by atoms with E-state index in [0.29, 0.717) is 11.7 Å². The van der Waals surface area contributed by atoms with E-state index in [1.807, 2.05) is 7.05 Å². The zero-order chi connectivity index (χ0) is 15.0. The first-order valence-electron chi connectivity index (χ1n) is 7.49. The molecular weight excluding hydrogens is 273 g/mol. The fourth-order valence-corrected chi connectivity index (χ4v) is 3.82. The Morgan fingerprint density at radius 2 is 2.00 bits per heavy atom. The first-order chi connectivity index (χ1) is 10.1. The Morgan fingerprint density at radius 1 is 1.33 bits per heavy atom. The molecule has 0 aliphatic carbocycles. The third-order valence-electron chi connectivity index (χ3n) is 4.80. The van der Waals surface area contributed by atoms with Crippen molar-refractivity contribution in [3.8, 4) is 0 Å². The quantitative estimate of drug-likeness (QED) is 0.687. The maximum Gasteiger partial charge on any atom is 0.271 e. The van der Waals surface area contributed by atoms with Crippen LogP contribution in [0.1, 0.15) is 32.1 Å². The van der Waals surface area contributed by atoms with Gasteiger partial charge >= 0.3 is 0 Å². The Hall–Kier alpha value is -1.69. The third kappa shape index (κ3) is 2.60. The first kappa shape index (κ1) is 14.3. The fraction of sp³-hybridized carbons (Fsp3) is 0.600. The number of nitrogens with zero attached hydrogens (tertiary/aromatic N) is 2. The average molecular weight is 293 g/mol. The van der Waals surface area contributed by atoms with Crippen molar-refractivity contribution >= 4 is 11.4 Å². The van der Waals surface area contributed by atoms with E-state index in [2.05, 4.69) is 10.2 Å². The summed E-state index contributed by atoms with van der Waals surface area (Å²) in [5.41, 5.74) is 0.355. The van der Waals surface area contributed by atoms with E-state index in [1.54, 1.807) is 0 Å². The van der Waals surface area contributed by atoms with Gasteiger partial charge in [-0.05, 0) is 45.2 Å². The predicted octanol–water partition coefficient (Wildman–Crippen LogP) is 2.84. The molecule has 2 heterocycles. The van der Waals surface area contributed by atoms with E-state index < -0.39 is 4.92 Å². The van der Waals surface area contributed by atoms with Crippen molar-refractivity contribution in [1.29, 1.82) is 0 Å². The van der Waals surface area contributed by atoms with Crippen LogP contribution in [-0.4, -0.2) is 30.1 Å². The van der Waals surface area contributed by atoms with Crippen LogP contribution < -0.4 is 10.2 Å². The van der Waals surface area contributed by atoms with Gasteiger partial charge in [0.15, 0.2) is 0 Å². The van der Waals surface area contributed by atoms with Crippen LogP contribution in [0.4, 0.5) is 15.8 Å². The summed E-state index contributed by atoms with van der Waals surface area (Å²) >= 11 is 0. The minimum Gasteiger partial charge on any atom is -0.363 e. The van der Waals surface area contributed by atoms with Gasteiger partial charge in [-0.3, -0.25) is 10.1 Å². The molecule has 1 aromatic carbocycles. The Balaban J connectivity index is 1.96. The monoisotopic (exact) mass is 293 g/mol. The number of rotatable bonds is 3. The number of non-ortho nitro benzene ring substituents is 1. The lowest BCUT2D eigenvalue weighted by Gasteiger charge is -2.50. The highest BCUT2D eigenvalue weighted by Gasteiger charge is 2.39. The number of piperidine rings is 2. The van der Waals surface area contributed by atoms with Crippen molar-refractivity contribution in [2.45, 2.75) is 50.2 Å². The van der Waals surface area contributed by atoms with E-state index >= 15 is 0 Å². The lowest BCUT2D eigenvalue weighted by atomic mass is 9.81. The Morgan fingerprint density at radius 3 is 2.57 bits per heavy atom. The van der Waals surface area contributed by atoms with Crippen LogP contribution in [0.15, 0.2) is 18.2 Å². The molecule has 2 atom stereocenters. The number of nitrogens with one attached hydrogen (secondary N) is 1. The highest BCUT2D eigenvalue weighted by Crippen LogP contribution is 2.39. The predicted molar refractivity (Wildman–Crippen MR) is 79.0 cm³/mol. The lowest BCUT2D eigenvalue weighted by Crippen LogP contribution is -2.56. The summed E-state index contributed by atoms with van der Waals surface area (Å²) < 4.78 is 14.2. The summed E-state index contributed by atoms with van der Waals surface area (Å²) in [5.74, 6) is -0.361. The highest BCUT2D eigenvalue weighted by atomic mass is 19.1. The van der Waals surface area contributed by atoms with Gasteiger partial charge in [-0.2, -0.15) is 0 Å². The third-order valence-corrected chi connectivity index (χ3v) is 4.80. The summed E-state index contributed by atoms with van der Waals surface area (Å²) in [7, 11) is 1.96. The normalized spacial score (nSPS) is 28.5. The van der Waals surface area contributed by atoms with Crippen LogP contribution >= 0.6 is 0 Å². The number of nitro groups is 1. The first-order valence-corrected chi connectivity index (χ1v) is 7.49. The van der Waals surface area contributed by atoms with Gasteiger partial charge in [-0.25, -0.2) is 4.39 Å². The molecule has 3 rings (SSSR count). The number of hydrogen-bond donors (Lipinski definition) is 1. The highest BCUT2D eigenvalue weighted by molar-refractivity contribution is 5.56. The molecule has 21 heavy (non-hydrogen) atoms. The van der Waals surface area contributed by atoms with E-state index in [4.69, 9.17) is 0 Å². The number of benzene rings is 1. The van der Waals surface area contributed by atoms with Crippen LogP contribution in [0.5, 0.6) is 0 Å². The zero-order valence-electron chi connectivity index (χ0n) is 12.1. The second kappa shape index (κ2) is 5.60. The maximum atomic E-state index is 14.2. The van der Waals surface area contributed by atoms with Crippen LogP contribution in [0.3, 0.4) is 0 Å². The summed E-state index contributed by atoms with van der Waals surface area (Å²) in [6.45, 7) is 0. The molecule has 0 radical (unpaired) electrons. The van der Waals surface area contributed by atoms with Gasteiger partial charge in [-0.15, -0.1) is 0 Å². The second-order valence-electron chi connectivity index (χ2n) is 6.00. The minimum atomic E-state index is -0.459. The molecule has 2 aliphatic rings. The molecule has 2 saturated heterocycles. The molecule has 0 saturated carbocycles. The Kier molecular flexibility index (Phi) is 3.80. The van der Waals surface area contributed by atoms with E-state index in [1.165, 1.54) is 18.2 Å². The molecule has 2 bridgehead atoms. The number of halogens is 1. The number of nitro benzene ring substituents is 1. The molecule has 114 valence electrons. The van der Waals surface area contributed by atoms with Crippen molar-refractivity contribution in [3.05, 3.63) is 34.1 Å². The number of anilines is 1. The molecular formula is C15H20FN3O2. The van der Waals surface area contributed by atoms with Gasteiger partial charge in [0.05, 0.1) is 10.6 Å². The average Bonchev–Trinajstić information content (AvgIpc) is 2.46. The van der Waals surface area contributed by atoms with Crippen LogP contribution in [0.2, 0.25) is 0 Å². The topological polar surface area (TPSA) is 58.4 Å². The van der Waals surface area contributed by atoms with Crippen molar-refractivity contribution in [3.63, 3.8) is 0 Å². The molecule has 2 fully saturated rings. The van der Waals surface area contributed by atoms with E-state index in [9.17, 15) is 14.5 Å². The SMILES string of the molecule is CNC1CC2CCCC(C1)N2c1cc([N+](=O)[O-])ccc1F. The van der Waals surface area contributed by atoms with Crippen molar-refractivity contribution in [2.75, 3.05) is 11.9 Å². The summed E-state index contributed by atoms with van der Waals surface area (Å²) in [4.78, 5) is 12.6. The second-order valence-corrected chi connectivity index (χ2v) is 6.00. The minimum absolute atomic E-state index is 0.0415. The molecule has 1 aromatic rings. The van der Waals surface area contributed by atoms with E-state index in [0.717, 1.165) is 32.1 Å². The van der Waals surface area contributed by atoms with Gasteiger partial charge in [0, 0.05) is 30.3 Å². The van der Waals surface area contributed by atoms with Crippen molar-refractivity contribution in [1.82, 2.24) is 5.32 Å². The standard InChI is InChI=1S/C15H20FN3O2/c1-17-10-7-11-3-2-4-12(8-10)18(11)15-9-13(19(20)21)5-6-14(15)16/h5-6,9-12,17H,2-4,7-8H2,1H3. The van der Waals surface area contributed by atoms with Gasteiger partial charge < -0.3 is 10.2 Å². The molecule has 2 unspecified atom stereocenters. The summed E-state index contributed by atoms with van der Waals surface area (Å²) in [6.07, 6.45) is 5.14. The van der Waals surface area contributed by atoms with Crippen LogP contribution in [-0.2, 0) is 0 Å². The molecule has 0 amide bonds. The van der Waals surface area contributed by atoms with Crippen LogP contribution in [0, 0.1) is 15.9 Å². The Labute approximate surface area is 123 Å². The largest absolute Gasteiger partial charge is 0.363 e. The van der Waals surface area contributed by atoms with Crippen molar-refractivity contribution in [2.24, 2.45) is 0 Å². The Bertz CT molecular complexity index is 538. The molecule has 2 aliphatic heterocycles. The van der Waals surface area contributed by atoms with Gasteiger partial charge in [0.2, 0.25) is 0 Å². The van der Waals surface area contributed by atoms with Gasteiger partial charge in [-0.1, -0.05) is 0 Å². The molecule has 0 spiro atoms. The van der Waals surface area contributed by atoms with Crippen molar-refractivity contribution < 1.29 is 9.31 Å². The number of hydrogen-bond acceptors (Lipinski definition) is 4. The molecule has 5 nitrogen and oxygen atoms in total. The zero-order valence-corrected chi connectivity index (χ0v) is 12.1. The lowest BCUT2D eigenvalue weighted by molar-refractivity contribution is -0.384. The van der Waals surface area contributed by atoms with Gasteiger partial charge in [0.25, 0.3) is 5.69 Å². The van der Waals surface area contributed by atoms with Crippen LogP contribution in [0.25, 0.3) is 0 Å². The number of fused-ring (bicyclic) bond motifs is 2. The molecule has 6 heteroatoms. The summed E-state index contributed by atoms with van der Waals surface area (Å²) in [5, 5.41) is 14.3. The van der Waals surface area contributed by atoms with Gasteiger partial charge in [0.1, 0.15) is 5.82 Å². The van der Waals surface area contributed by atoms with E-state index in [-0.39, 0.29) is 23.6 Å².